The van der Waals surface area contributed by atoms with Crippen LogP contribution in [0.2, 0.25) is 0 Å². The Morgan fingerprint density at radius 1 is 1.17 bits per heavy atom. The maximum Gasteiger partial charge on any atom is 0.461 e. The van der Waals surface area contributed by atoms with E-state index < -0.39 is 12.5 Å². The third kappa shape index (κ3) is 2.93. The van der Waals surface area contributed by atoms with Crippen LogP contribution in [0.25, 0.3) is 0 Å². The fourth-order valence-corrected chi connectivity index (χ4v) is 1.69. The molecule has 2 nitrogen and oxygen atoms in total. The first-order valence-electron chi connectivity index (χ1n) is 5.60. The summed E-state index contributed by atoms with van der Waals surface area (Å²) in [6.07, 6.45) is -6.21. The molecule has 0 aliphatic heterocycles. The SMILES string of the molecule is N[C@H](c1ccc(OC(F)(F)C(F)F)cc1)C1CC1. The van der Waals surface area contributed by atoms with E-state index in [0.717, 1.165) is 18.4 Å². The molecule has 1 fully saturated rings. The monoisotopic (exact) mass is 263 g/mol. The first kappa shape index (κ1) is 13.1. The number of alkyl halides is 4. The number of ether oxygens (including phenoxy) is 1. The van der Waals surface area contributed by atoms with Gasteiger partial charge in [0.2, 0.25) is 0 Å². The van der Waals surface area contributed by atoms with Crippen molar-refractivity contribution < 1.29 is 22.3 Å². The van der Waals surface area contributed by atoms with Gasteiger partial charge >= 0.3 is 12.5 Å². The van der Waals surface area contributed by atoms with E-state index in [1.165, 1.54) is 24.3 Å². The van der Waals surface area contributed by atoms with Crippen LogP contribution in [0, 0.1) is 5.92 Å². The van der Waals surface area contributed by atoms with Gasteiger partial charge in [0.15, 0.2) is 0 Å². The molecule has 0 amide bonds. The minimum absolute atomic E-state index is 0.130. The highest BCUT2D eigenvalue weighted by Gasteiger charge is 2.44. The molecular weight excluding hydrogens is 250 g/mol. The number of hydrogen-bond acceptors (Lipinski definition) is 2. The summed E-state index contributed by atoms with van der Waals surface area (Å²) in [5.41, 5.74) is 6.71. The van der Waals surface area contributed by atoms with E-state index in [-0.39, 0.29) is 11.8 Å². The summed E-state index contributed by atoms with van der Waals surface area (Å²) in [5.74, 6) is 0.131. The van der Waals surface area contributed by atoms with Gasteiger partial charge in [-0.15, -0.1) is 0 Å². The molecule has 1 aromatic rings. The third-order valence-corrected chi connectivity index (χ3v) is 2.90. The van der Waals surface area contributed by atoms with Crippen molar-refractivity contribution in [2.45, 2.75) is 31.4 Å². The van der Waals surface area contributed by atoms with Crippen LogP contribution in [0.1, 0.15) is 24.4 Å². The molecule has 1 aliphatic rings. The van der Waals surface area contributed by atoms with Crippen molar-refractivity contribution in [3.05, 3.63) is 29.8 Å². The Bertz CT molecular complexity index is 403. The zero-order chi connectivity index (χ0) is 13.3. The van der Waals surface area contributed by atoms with Gasteiger partial charge in [-0.05, 0) is 36.5 Å². The molecule has 1 aromatic carbocycles. The van der Waals surface area contributed by atoms with Gasteiger partial charge in [-0.25, -0.2) is 0 Å². The van der Waals surface area contributed by atoms with Gasteiger partial charge in [-0.2, -0.15) is 17.6 Å². The van der Waals surface area contributed by atoms with Gasteiger partial charge in [0.25, 0.3) is 0 Å². The first-order valence-corrected chi connectivity index (χ1v) is 5.60. The molecule has 0 unspecified atom stereocenters. The van der Waals surface area contributed by atoms with Crippen molar-refractivity contribution in [1.29, 1.82) is 0 Å². The van der Waals surface area contributed by atoms with E-state index in [1.807, 2.05) is 0 Å². The molecule has 0 heterocycles. The zero-order valence-corrected chi connectivity index (χ0v) is 9.45. The van der Waals surface area contributed by atoms with Gasteiger partial charge < -0.3 is 10.5 Å². The second-order valence-corrected chi connectivity index (χ2v) is 4.40. The van der Waals surface area contributed by atoms with Crippen LogP contribution in [-0.4, -0.2) is 12.5 Å². The molecule has 1 saturated carbocycles. The van der Waals surface area contributed by atoms with Crippen LogP contribution in [0.4, 0.5) is 17.6 Å². The van der Waals surface area contributed by atoms with Crippen molar-refractivity contribution in [3.8, 4) is 5.75 Å². The molecule has 6 heteroatoms. The minimum atomic E-state index is -4.47. The van der Waals surface area contributed by atoms with Crippen LogP contribution >= 0.6 is 0 Å². The minimum Gasteiger partial charge on any atom is -0.428 e. The lowest BCUT2D eigenvalue weighted by molar-refractivity contribution is -0.253. The summed E-state index contributed by atoms with van der Waals surface area (Å²) < 4.78 is 53.1. The van der Waals surface area contributed by atoms with Crippen molar-refractivity contribution in [3.63, 3.8) is 0 Å². The predicted molar refractivity (Wildman–Crippen MR) is 57.7 cm³/mol. The lowest BCUT2D eigenvalue weighted by Crippen LogP contribution is -2.33. The topological polar surface area (TPSA) is 35.2 Å². The average molecular weight is 263 g/mol. The van der Waals surface area contributed by atoms with Gasteiger partial charge in [0.05, 0.1) is 0 Å². The van der Waals surface area contributed by atoms with Gasteiger partial charge in [0, 0.05) is 6.04 Å². The summed E-state index contributed by atoms with van der Waals surface area (Å²) in [5, 5.41) is 0. The predicted octanol–water partition coefficient (Wildman–Crippen LogP) is 3.33. The second-order valence-electron chi connectivity index (χ2n) is 4.40. The van der Waals surface area contributed by atoms with E-state index >= 15 is 0 Å². The van der Waals surface area contributed by atoms with Gasteiger partial charge in [-0.1, -0.05) is 12.1 Å². The molecular formula is C12H13F4NO. The summed E-state index contributed by atoms with van der Waals surface area (Å²) >= 11 is 0. The number of hydrogen-bond donors (Lipinski definition) is 1. The molecule has 1 atom stereocenters. The van der Waals surface area contributed by atoms with Gasteiger partial charge in [0.1, 0.15) is 5.75 Å². The Morgan fingerprint density at radius 3 is 2.17 bits per heavy atom. The normalized spacial score (nSPS) is 17.9. The molecule has 18 heavy (non-hydrogen) atoms. The highest BCUT2D eigenvalue weighted by molar-refractivity contribution is 5.30. The molecule has 0 radical (unpaired) electrons. The molecule has 2 N–H and O–H groups in total. The molecule has 0 bridgehead atoms. The Kier molecular flexibility index (Phi) is 3.47. The Hall–Kier alpha value is -1.30. The maximum absolute atomic E-state index is 12.6. The van der Waals surface area contributed by atoms with Crippen LogP contribution in [-0.2, 0) is 0 Å². The van der Waals surface area contributed by atoms with Crippen molar-refractivity contribution in [1.82, 2.24) is 0 Å². The number of nitrogens with two attached hydrogens (primary N) is 1. The zero-order valence-electron chi connectivity index (χ0n) is 9.45. The van der Waals surface area contributed by atoms with Crippen LogP contribution < -0.4 is 10.5 Å². The standard InChI is InChI=1S/C12H13F4NO/c13-11(14)12(15,16)18-9-5-3-8(4-6-9)10(17)7-1-2-7/h3-7,10-11H,1-2,17H2/t10-/m0/s1. The lowest BCUT2D eigenvalue weighted by atomic mass is 10.0. The molecule has 0 aromatic heterocycles. The number of rotatable bonds is 5. The molecule has 1 aliphatic carbocycles. The fraction of sp³-hybridized carbons (Fsp3) is 0.500. The number of benzene rings is 1. The van der Waals surface area contributed by atoms with Gasteiger partial charge in [-0.3, -0.25) is 0 Å². The quantitative estimate of drug-likeness (QED) is 0.827. The van der Waals surface area contributed by atoms with E-state index in [4.69, 9.17) is 5.73 Å². The highest BCUT2D eigenvalue weighted by Crippen LogP contribution is 2.39. The second kappa shape index (κ2) is 4.76. The van der Waals surface area contributed by atoms with E-state index in [1.54, 1.807) is 0 Å². The van der Waals surface area contributed by atoms with Crippen LogP contribution in [0.5, 0.6) is 5.75 Å². The van der Waals surface area contributed by atoms with Crippen LogP contribution in [0.15, 0.2) is 24.3 Å². The average Bonchev–Trinajstić information content (AvgIpc) is 3.12. The fourth-order valence-electron chi connectivity index (χ4n) is 1.69. The van der Waals surface area contributed by atoms with Crippen molar-refractivity contribution in [2.24, 2.45) is 11.7 Å². The largest absolute Gasteiger partial charge is 0.461 e. The van der Waals surface area contributed by atoms with Crippen LogP contribution in [0.3, 0.4) is 0 Å². The van der Waals surface area contributed by atoms with Crippen molar-refractivity contribution >= 4 is 0 Å². The Labute approximate surface area is 102 Å². The molecule has 2 rings (SSSR count). The highest BCUT2D eigenvalue weighted by atomic mass is 19.3. The maximum atomic E-state index is 12.6. The number of halogens is 4. The molecule has 100 valence electrons. The summed E-state index contributed by atoms with van der Waals surface area (Å²) in [4.78, 5) is 0. The summed E-state index contributed by atoms with van der Waals surface area (Å²) in [7, 11) is 0. The Morgan fingerprint density at radius 2 is 1.72 bits per heavy atom. The van der Waals surface area contributed by atoms with E-state index in [9.17, 15) is 17.6 Å². The van der Waals surface area contributed by atoms with E-state index in [0.29, 0.717) is 5.92 Å². The van der Waals surface area contributed by atoms with E-state index in [2.05, 4.69) is 4.74 Å². The Balaban J connectivity index is 2.03. The summed E-state index contributed by atoms with van der Waals surface area (Å²) in [6, 6.07) is 5.39. The smallest absolute Gasteiger partial charge is 0.428 e. The first-order chi connectivity index (χ1) is 8.40. The molecule has 0 spiro atoms. The third-order valence-electron chi connectivity index (χ3n) is 2.90. The summed E-state index contributed by atoms with van der Waals surface area (Å²) in [6.45, 7) is 0. The lowest BCUT2D eigenvalue weighted by Gasteiger charge is -2.17. The molecule has 0 saturated heterocycles. The van der Waals surface area contributed by atoms with Crippen molar-refractivity contribution in [2.75, 3.05) is 0 Å².